The van der Waals surface area contributed by atoms with E-state index in [9.17, 15) is 4.79 Å². The minimum Gasteiger partial charge on any atom is -0.298 e. The maximum absolute atomic E-state index is 10.4. The zero-order valence-electron chi connectivity index (χ0n) is 6.50. The summed E-state index contributed by atoms with van der Waals surface area (Å²) in [7, 11) is 0. The molecule has 0 saturated heterocycles. The minimum atomic E-state index is 0.750. The molecule has 2 nitrogen and oxygen atoms in total. The van der Waals surface area contributed by atoms with Gasteiger partial charge in [-0.15, -0.1) is 11.3 Å². The lowest BCUT2D eigenvalue weighted by atomic mass is 10.2. The van der Waals surface area contributed by atoms with Crippen molar-refractivity contribution in [3.8, 4) is 0 Å². The normalized spacial score (nSPS) is 12.5. The molecule has 0 aliphatic heterocycles. The zero-order valence-corrected chi connectivity index (χ0v) is 7.31. The maximum atomic E-state index is 10.4. The molecule has 0 spiro atoms. The molecular weight excluding hydrogens is 158 g/mol. The smallest absolute Gasteiger partial charge is 0.146 e. The third-order valence-electron chi connectivity index (χ3n) is 1.52. The van der Waals surface area contributed by atoms with Crippen LogP contribution in [0.25, 0.3) is 5.57 Å². The lowest BCUT2D eigenvalue weighted by Gasteiger charge is -1.95. The average molecular weight is 167 g/mol. The van der Waals surface area contributed by atoms with Gasteiger partial charge in [0.2, 0.25) is 0 Å². The lowest BCUT2D eigenvalue weighted by molar-refractivity contribution is -0.104. The molecule has 0 radical (unpaired) electrons. The molecular formula is C8H9NOS. The minimum absolute atomic E-state index is 0.750. The van der Waals surface area contributed by atoms with Crippen molar-refractivity contribution in [1.82, 2.24) is 4.98 Å². The molecule has 0 N–H and O–H groups in total. The number of aldehydes is 1. The summed E-state index contributed by atoms with van der Waals surface area (Å²) in [6.07, 6.45) is 2.60. The second kappa shape index (κ2) is 3.44. The third kappa shape index (κ3) is 1.74. The molecule has 3 heteroatoms. The third-order valence-corrected chi connectivity index (χ3v) is 2.41. The fraction of sp³-hybridized carbons (Fsp3) is 0.250. The van der Waals surface area contributed by atoms with Crippen LogP contribution in [-0.2, 0) is 4.79 Å². The molecule has 0 aromatic carbocycles. The van der Waals surface area contributed by atoms with E-state index in [1.807, 2.05) is 12.3 Å². The summed E-state index contributed by atoms with van der Waals surface area (Å²) >= 11 is 1.55. The zero-order chi connectivity index (χ0) is 8.27. The van der Waals surface area contributed by atoms with Crippen molar-refractivity contribution in [2.24, 2.45) is 0 Å². The first-order valence-corrected chi connectivity index (χ1v) is 4.16. The lowest BCUT2D eigenvalue weighted by Crippen LogP contribution is -1.84. The summed E-state index contributed by atoms with van der Waals surface area (Å²) in [5.41, 5.74) is 1.72. The molecule has 0 aliphatic carbocycles. The van der Waals surface area contributed by atoms with E-state index in [0.29, 0.717) is 0 Å². The van der Waals surface area contributed by atoms with Gasteiger partial charge in [0.25, 0.3) is 0 Å². The van der Waals surface area contributed by atoms with Crippen LogP contribution >= 0.6 is 11.3 Å². The van der Waals surface area contributed by atoms with Crippen LogP contribution in [0, 0.1) is 0 Å². The van der Waals surface area contributed by atoms with Gasteiger partial charge in [0.05, 0.1) is 0 Å². The van der Waals surface area contributed by atoms with Crippen molar-refractivity contribution in [3.63, 3.8) is 0 Å². The van der Waals surface area contributed by atoms with Crippen molar-refractivity contribution < 1.29 is 4.79 Å². The largest absolute Gasteiger partial charge is 0.298 e. The summed E-state index contributed by atoms with van der Waals surface area (Å²) in [5, 5.41) is 2.83. The van der Waals surface area contributed by atoms with Crippen LogP contribution in [-0.4, -0.2) is 11.3 Å². The van der Waals surface area contributed by atoms with E-state index in [1.165, 1.54) is 0 Å². The molecule has 0 atom stereocenters. The fourth-order valence-corrected chi connectivity index (χ4v) is 1.38. The number of allylic oxidation sites excluding steroid dienone is 2. The van der Waals surface area contributed by atoms with E-state index < -0.39 is 0 Å². The van der Waals surface area contributed by atoms with E-state index in [-0.39, 0.29) is 0 Å². The fourth-order valence-electron chi connectivity index (χ4n) is 0.666. The summed E-state index contributed by atoms with van der Waals surface area (Å²) in [5.74, 6) is 0. The summed E-state index contributed by atoms with van der Waals surface area (Å²) < 4.78 is 0. The van der Waals surface area contributed by atoms with Gasteiger partial charge in [-0.1, -0.05) is 0 Å². The first kappa shape index (κ1) is 8.14. The van der Waals surface area contributed by atoms with Crippen molar-refractivity contribution in [1.29, 1.82) is 0 Å². The standard InChI is InChI=1S/C8H9NOS/c1-6(5-10)7(2)8-9-3-4-11-8/h3-5H,1-2H3. The second-order valence-corrected chi connectivity index (χ2v) is 3.16. The van der Waals surface area contributed by atoms with Gasteiger partial charge in [0, 0.05) is 11.6 Å². The number of hydrogen-bond acceptors (Lipinski definition) is 3. The van der Waals surface area contributed by atoms with Crippen LogP contribution in [0.3, 0.4) is 0 Å². The van der Waals surface area contributed by atoms with Crippen LogP contribution in [0.15, 0.2) is 17.2 Å². The van der Waals surface area contributed by atoms with Crippen LogP contribution in [0.2, 0.25) is 0 Å². The molecule has 1 heterocycles. The summed E-state index contributed by atoms with van der Waals surface area (Å²) in [6, 6.07) is 0. The van der Waals surface area contributed by atoms with Gasteiger partial charge >= 0.3 is 0 Å². The van der Waals surface area contributed by atoms with Gasteiger partial charge in [-0.2, -0.15) is 0 Å². The topological polar surface area (TPSA) is 30.0 Å². The highest BCUT2D eigenvalue weighted by Crippen LogP contribution is 2.18. The average Bonchev–Trinajstić information content (AvgIpc) is 2.53. The van der Waals surface area contributed by atoms with Crippen molar-refractivity contribution in [3.05, 3.63) is 22.2 Å². The van der Waals surface area contributed by atoms with E-state index in [4.69, 9.17) is 0 Å². The van der Waals surface area contributed by atoms with Gasteiger partial charge in [-0.25, -0.2) is 4.98 Å². The monoisotopic (exact) mass is 167 g/mol. The Kier molecular flexibility index (Phi) is 2.54. The Morgan fingerprint density at radius 2 is 2.36 bits per heavy atom. The van der Waals surface area contributed by atoms with Crippen LogP contribution in [0.1, 0.15) is 18.9 Å². The number of carbonyl (C=O) groups is 1. The van der Waals surface area contributed by atoms with Gasteiger partial charge in [-0.05, 0) is 25.0 Å². The molecule has 0 saturated carbocycles. The van der Waals surface area contributed by atoms with Gasteiger partial charge in [0.15, 0.2) is 0 Å². The van der Waals surface area contributed by atoms with Crippen LogP contribution in [0.4, 0.5) is 0 Å². The summed E-state index contributed by atoms with van der Waals surface area (Å²) in [4.78, 5) is 14.4. The van der Waals surface area contributed by atoms with Gasteiger partial charge < -0.3 is 0 Å². The Labute approximate surface area is 69.6 Å². The highest BCUT2D eigenvalue weighted by molar-refractivity contribution is 7.10. The van der Waals surface area contributed by atoms with Gasteiger partial charge in [0.1, 0.15) is 11.3 Å². The molecule has 0 unspecified atom stereocenters. The molecule has 11 heavy (non-hydrogen) atoms. The van der Waals surface area contributed by atoms with Crippen molar-refractivity contribution in [2.45, 2.75) is 13.8 Å². The number of rotatable bonds is 2. The molecule has 1 aromatic heterocycles. The first-order chi connectivity index (χ1) is 5.25. The predicted molar refractivity (Wildman–Crippen MR) is 46.4 cm³/mol. The van der Waals surface area contributed by atoms with Gasteiger partial charge in [-0.3, -0.25) is 4.79 Å². The van der Waals surface area contributed by atoms with Crippen molar-refractivity contribution in [2.75, 3.05) is 0 Å². The number of aromatic nitrogens is 1. The number of thiazole rings is 1. The van der Waals surface area contributed by atoms with E-state index in [1.54, 1.807) is 24.5 Å². The van der Waals surface area contributed by atoms with Crippen LogP contribution in [0.5, 0.6) is 0 Å². The van der Waals surface area contributed by atoms with E-state index in [2.05, 4.69) is 4.98 Å². The highest BCUT2D eigenvalue weighted by atomic mass is 32.1. The number of carbonyl (C=O) groups excluding carboxylic acids is 1. The quantitative estimate of drug-likeness (QED) is 0.499. The summed E-state index contributed by atoms with van der Waals surface area (Å²) in [6.45, 7) is 3.70. The highest BCUT2D eigenvalue weighted by Gasteiger charge is 2.00. The molecule has 0 fully saturated rings. The number of nitrogens with zero attached hydrogens (tertiary/aromatic N) is 1. The SMILES string of the molecule is CC(C=O)=C(C)c1nccs1. The Hall–Kier alpha value is -0.960. The Bertz CT molecular complexity index is 274. The van der Waals surface area contributed by atoms with Crippen LogP contribution < -0.4 is 0 Å². The molecule has 58 valence electrons. The maximum Gasteiger partial charge on any atom is 0.146 e. The second-order valence-electron chi connectivity index (χ2n) is 2.26. The molecule has 1 rings (SSSR count). The Morgan fingerprint density at radius 3 is 2.82 bits per heavy atom. The molecule has 0 bridgehead atoms. The molecule has 1 aromatic rings. The Morgan fingerprint density at radius 1 is 1.64 bits per heavy atom. The van der Waals surface area contributed by atoms with Crippen molar-refractivity contribution >= 4 is 23.2 Å². The van der Waals surface area contributed by atoms with E-state index >= 15 is 0 Å². The van der Waals surface area contributed by atoms with E-state index in [0.717, 1.165) is 22.4 Å². The molecule has 0 aliphatic rings. The first-order valence-electron chi connectivity index (χ1n) is 3.28. The molecule has 0 amide bonds. The Balaban J connectivity index is 3.02. The predicted octanol–water partition coefficient (Wildman–Crippen LogP) is 2.14. The number of hydrogen-bond donors (Lipinski definition) is 0.